The molecule has 0 saturated carbocycles. The molecular weight excluding hydrogens is 277 g/mol. The number of aryl methyl sites for hydroxylation is 2. The molecule has 0 aliphatic carbocycles. The summed E-state index contributed by atoms with van der Waals surface area (Å²) in [4.78, 5) is 8.94. The number of nitrogens with zero attached hydrogens (tertiary/aromatic N) is 3. The molecule has 0 atom stereocenters. The van der Waals surface area contributed by atoms with Gasteiger partial charge in [-0.05, 0) is 49.2 Å². The number of benzene rings is 1. The molecule has 0 fully saturated rings. The highest BCUT2D eigenvalue weighted by molar-refractivity contribution is 6.16. The number of halogens is 2. The van der Waals surface area contributed by atoms with E-state index in [9.17, 15) is 4.39 Å². The average Bonchev–Trinajstić information content (AvgIpc) is 2.76. The van der Waals surface area contributed by atoms with E-state index in [4.69, 9.17) is 11.6 Å². The second-order valence-electron chi connectivity index (χ2n) is 4.78. The molecule has 2 heterocycles. The Balaban J connectivity index is 2.34. The molecule has 0 spiro atoms. The zero-order valence-corrected chi connectivity index (χ0v) is 11.9. The molecule has 0 saturated heterocycles. The summed E-state index contributed by atoms with van der Waals surface area (Å²) in [5.41, 5.74) is 4.24. The van der Waals surface area contributed by atoms with E-state index in [1.165, 1.54) is 12.1 Å². The second kappa shape index (κ2) is 4.87. The first kappa shape index (κ1) is 13.1. The van der Waals surface area contributed by atoms with Crippen molar-refractivity contribution in [3.05, 3.63) is 53.2 Å². The van der Waals surface area contributed by atoms with Crippen molar-refractivity contribution in [2.24, 2.45) is 0 Å². The van der Waals surface area contributed by atoms with Crippen LogP contribution >= 0.6 is 11.6 Å². The van der Waals surface area contributed by atoms with Crippen molar-refractivity contribution in [3.63, 3.8) is 0 Å². The smallest absolute Gasteiger partial charge is 0.164 e. The van der Waals surface area contributed by atoms with Crippen LogP contribution in [0.15, 0.2) is 30.5 Å². The standard InChI is InChI=1S/C15H13ClFN3/c1-9-5-12-15(18-8-9)20(14(7-16)19-12)13-4-3-11(17)6-10(13)2/h3-6,8H,7H2,1-2H3. The predicted octanol–water partition coefficient (Wildman–Crippen LogP) is 3.92. The maximum atomic E-state index is 13.3. The summed E-state index contributed by atoms with van der Waals surface area (Å²) in [6.07, 6.45) is 1.79. The molecule has 3 aromatic rings. The SMILES string of the molecule is Cc1cnc2c(c1)nc(CCl)n2-c1ccc(F)cc1C. The van der Waals surface area contributed by atoms with E-state index >= 15 is 0 Å². The Labute approximate surface area is 121 Å². The van der Waals surface area contributed by atoms with Crippen LogP contribution in [0.2, 0.25) is 0 Å². The number of pyridine rings is 1. The molecule has 1 aromatic carbocycles. The zero-order valence-electron chi connectivity index (χ0n) is 11.2. The van der Waals surface area contributed by atoms with Crippen molar-refractivity contribution < 1.29 is 4.39 Å². The number of imidazole rings is 1. The predicted molar refractivity (Wildman–Crippen MR) is 77.9 cm³/mol. The van der Waals surface area contributed by atoms with Gasteiger partial charge in [0.25, 0.3) is 0 Å². The summed E-state index contributed by atoms with van der Waals surface area (Å²) in [5, 5.41) is 0. The molecule has 0 radical (unpaired) electrons. The molecule has 3 rings (SSSR count). The normalized spacial score (nSPS) is 11.2. The summed E-state index contributed by atoms with van der Waals surface area (Å²) in [6.45, 7) is 3.82. The topological polar surface area (TPSA) is 30.7 Å². The van der Waals surface area contributed by atoms with Crippen LogP contribution in [-0.4, -0.2) is 14.5 Å². The Morgan fingerprint density at radius 1 is 1.25 bits per heavy atom. The summed E-state index contributed by atoms with van der Waals surface area (Å²) < 4.78 is 15.2. The maximum Gasteiger partial charge on any atom is 0.164 e. The first-order valence-corrected chi connectivity index (χ1v) is 6.80. The fraction of sp³-hybridized carbons (Fsp3) is 0.200. The van der Waals surface area contributed by atoms with E-state index in [1.54, 1.807) is 12.3 Å². The van der Waals surface area contributed by atoms with Gasteiger partial charge in [0.15, 0.2) is 5.65 Å². The van der Waals surface area contributed by atoms with Gasteiger partial charge in [0.1, 0.15) is 17.2 Å². The van der Waals surface area contributed by atoms with E-state index in [0.717, 1.165) is 28.0 Å². The highest BCUT2D eigenvalue weighted by atomic mass is 35.5. The quantitative estimate of drug-likeness (QED) is 0.670. The summed E-state index contributed by atoms with van der Waals surface area (Å²) in [5.74, 6) is 0.716. The number of hydrogen-bond acceptors (Lipinski definition) is 2. The molecule has 20 heavy (non-hydrogen) atoms. The highest BCUT2D eigenvalue weighted by Gasteiger charge is 2.14. The fourth-order valence-electron chi connectivity index (χ4n) is 2.32. The molecule has 102 valence electrons. The summed E-state index contributed by atoms with van der Waals surface area (Å²) in [6, 6.07) is 6.62. The Morgan fingerprint density at radius 2 is 2.05 bits per heavy atom. The van der Waals surface area contributed by atoms with Crippen molar-refractivity contribution in [2.75, 3.05) is 0 Å². The van der Waals surface area contributed by atoms with E-state index in [0.29, 0.717) is 5.82 Å². The van der Waals surface area contributed by atoms with Crippen molar-refractivity contribution in [3.8, 4) is 5.69 Å². The first-order valence-electron chi connectivity index (χ1n) is 6.26. The third-order valence-corrected chi connectivity index (χ3v) is 3.46. The van der Waals surface area contributed by atoms with Gasteiger partial charge in [-0.25, -0.2) is 14.4 Å². The number of alkyl halides is 1. The van der Waals surface area contributed by atoms with Crippen molar-refractivity contribution in [1.29, 1.82) is 0 Å². The van der Waals surface area contributed by atoms with Crippen LogP contribution in [0.25, 0.3) is 16.9 Å². The van der Waals surface area contributed by atoms with Crippen molar-refractivity contribution >= 4 is 22.8 Å². The van der Waals surface area contributed by atoms with Gasteiger partial charge in [0, 0.05) is 6.20 Å². The summed E-state index contributed by atoms with van der Waals surface area (Å²) in [7, 11) is 0. The number of aromatic nitrogens is 3. The van der Waals surface area contributed by atoms with E-state index in [2.05, 4.69) is 9.97 Å². The Morgan fingerprint density at radius 3 is 2.75 bits per heavy atom. The van der Waals surface area contributed by atoms with Crippen LogP contribution in [0.5, 0.6) is 0 Å². The average molecular weight is 290 g/mol. The molecule has 0 aliphatic rings. The molecule has 0 unspecified atom stereocenters. The lowest BCUT2D eigenvalue weighted by molar-refractivity contribution is 0.626. The molecule has 0 N–H and O–H groups in total. The third kappa shape index (κ3) is 2.06. The second-order valence-corrected chi connectivity index (χ2v) is 5.05. The van der Waals surface area contributed by atoms with Crippen LogP contribution in [-0.2, 0) is 5.88 Å². The Bertz CT molecular complexity index is 795. The van der Waals surface area contributed by atoms with Crippen LogP contribution in [0, 0.1) is 19.7 Å². The van der Waals surface area contributed by atoms with Gasteiger partial charge in [0.05, 0.1) is 11.6 Å². The molecule has 2 aromatic heterocycles. The van der Waals surface area contributed by atoms with Gasteiger partial charge >= 0.3 is 0 Å². The van der Waals surface area contributed by atoms with E-state index in [1.807, 2.05) is 24.5 Å². The number of rotatable bonds is 2. The molecule has 3 nitrogen and oxygen atoms in total. The van der Waals surface area contributed by atoms with Gasteiger partial charge < -0.3 is 0 Å². The zero-order chi connectivity index (χ0) is 14.3. The lowest BCUT2D eigenvalue weighted by atomic mass is 10.2. The van der Waals surface area contributed by atoms with Gasteiger partial charge in [-0.15, -0.1) is 11.6 Å². The van der Waals surface area contributed by atoms with E-state index < -0.39 is 0 Å². The first-order chi connectivity index (χ1) is 9.60. The molecule has 0 amide bonds. The van der Waals surface area contributed by atoms with Gasteiger partial charge in [-0.3, -0.25) is 4.57 Å². The summed E-state index contributed by atoms with van der Waals surface area (Å²) >= 11 is 5.99. The van der Waals surface area contributed by atoms with Gasteiger partial charge in [0.2, 0.25) is 0 Å². The maximum absolute atomic E-state index is 13.3. The van der Waals surface area contributed by atoms with Crippen LogP contribution < -0.4 is 0 Å². The Kier molecular flexibility index (Phi) is 3.18. The third-order valence-electron chi connectivity index (χ3n) is 3.22. The van der Waals surface area contributed by atoms with Gasteiger partial charge in [-0.2, -0.15) is 0 Å². The molecular formula is C15H13ClFN3. The number of fused-ring (bicyclic) bond motifs is 1. The largest absolute Gasteiger partial charge is 0.279 e. The Hall–Kier alpha value is -1.94. The van der Waals surface area contributed by atoms with Crippen LogP contribution in [0.4, 0.5) is 4.39 Å². The van der Waals surface area contributed by atoms with Gasteiger partial charge in [-0.1, -0.05) is 0 Å². The van der Waals surface area contributed by atoms with Crippen LogP contribution in [0.3, 0.4) is 0 Å². The fourth-order valence-corrected chi connectivity index (χ4v) is 2.50. The van der Waals surface area contributed by atoms with E-state index in [-0.39, 0.29) is 11.7 Å². The monoisotopic (exact) mass is 289 g/mol. The van der Waals surface area contributed by atoms with Crippen molar-refractivity contribution in [1.82, 2.24) is 14.5 Å². The molecule has 5 heteroatoms. The highest BCUT2D eigenvalue weighted by Crippen LogP contribution is 2.24. The van der Waals surface area contributed by atoms with Crippen molar-refractivity contribution in [2.45, 2.75) is 19.7 Å². The lowest BCUT2D eigenvalue weighted by Crippen LogP contribution is -2.02. The molecule has 0 aliphatic heterocycles. The van der Waals surface area contributed by atoms with Crippen LogP contribution in [0.1, 0.15) is 17.0 Å². The number of hydrogen-bond donors (Lipinski definition) is 0. The minimum Gasteiger partial charge on any atom is -0.279 e. The lowest BCUT2D eigenvalue weighted by Gasteiger charge is -2.10. The minimum absolute atomic E-state index is 0.258. The minimum atomic E-state index is -0.258. The molecule has 0 bridgehead atoms.